The molecule has 0 saturated carbocycles. The van der Waals surface area contributed by atoms with Crippen molar-refractivity contribution in [1.82, 2.24) is 9.62 Å². The quantitative estimate of drug-likeness (QED) is 0.448. The minimum Gasteiger partial charge on any atom is -0.326 e. The van der Waals surface area contributed by atoms with Gasteiger partial charge in [-0.05, 0) is 42.5 Å². The first kappa shape index (κ1) is 27.2. The van der Waals surface area contributed by atoms with Crippen molar-refractivity contribution in [2.24, 2.45) is 0 Å². The van der Waals surface area contributed by atoms with E-state index in [1.165, 1.54) is 31.3 Å². The van der Waals surface area contributed by atoms with Crippen LogP contribution in [0.5, 0.6) is 0 Å². The minimum atomic E-state index is -5.06. The van der Waals surface area contributed by atoms with E-state index in [0.717, 1.165) is 4.90 Å². The van der Waals surface area contributed by atoms with Crippen molar-refractivity contribution in [2.45, 2.75) is 20.9 Å². The number of benzene rings is 3. The van der Waals surface area contributed by atoms with Gasteiger partial charge >= 0.3 is 12.2 Å². The zero-order valence-corrected chi connectivity index (χ0v) is 20.5. The smallest absolute Gasteiger partial charge is 0.326 e. The number of sulfonamides is 1. The third kappa shape index (κ3) is 6.42. The number of para-hydroxylation sites is 1. The largest absolute Gasteiger partial charge is 0.417 e. The molecular weight excluding hydrogens is 519 g/mol. The normalized spacial score (nSPS) is 12.2. The fourth-order valence-electron chi connectivity index (χ4n) is 3.13. The summed E-state index contributed by atoms with van der Waals surface area (Å²) in [5.74, 6) is 0. The van der Waals surface area contributed by atoms with Crippen molar-refractivity contribution in [1.29, 1.82) is 0 Å². The number of likely N-dealkylation sites (N-methyl/N-ethyl adjacent to an activating group) is 1. The first-order valence-corrected chi connectivity index (χ1v) is 13.4. The number of rotatable bonds is 8. The van der Waals surface area contributed by atoms with Gasteiger partial charge < -0.3 is 10.2 Å². The molecule has 0 heterocycles. The fraction of sp³-hybridized carbons (Fsp3) is 0.174. The molecule has 0 atom stereocenters. The van der Waals surface area contributed by atoms with E-state index in [4.69, 9.17) is 0 Å². The van der Waals surface area contributed by atoms with Crippen LogP contribution in [0.25, 0.3) is 0 Å². The van der Waals surface area contributed by atoms with E-state index in [1.54, 1.807) is 36.4 Å². The number of alkyl halides is 3. The second-order valence-corrected chi connectivity index (χ2v) is 11.3. The topological polar surface area (TPSA) is 113 Å². The number of hydrogen-bond donors (Lipinski definition) is 2. The van der Waals surface area contributed by atoms with Crippen LogP contribution in [-0.2, 0) is 26.0 Å². The standard InChI is InChI=1S/C23H22F3N3O5S2/c1-29(22(30)28-17-8-4-2-5-9-17)15-14-27-36(33,34)21-16-19(12-13-20(21)23(24,25)26)35(31,32)18-10-6-3-7-11-18/h2-13,16,27H,14-15H2,1H3,(H,28,30). The maximum absolute atomic E-state index is 13.6. The van der Waals surface area contributed by atoms with Crippen LogP contribution >= 0.6 is 0 Å². The summed E-state index contributed by atoms with van der Waals surface area (Å²) in [6.45, 7) is -0.602. The Labute approximate surface area is 206 Å². The highest BCUT2D eigenvalue weighted by molar-refractivity contribution is 7.91. The molecule has 2 amide bonds. The van der Waals surface area contributed by atoms with Crippen LogP contribution in [0, 0.1) is 0 Å². The van der Waals surface area contributed by atoms with E-state index in [1.807, 2.05) is 4.72 Å². The zero-order chi connectivity index (χ0) is 26.6. The lowest BCUT2D eigenvalue weighted by Gasteiger charge is -2.19. The second-order valence-electron chi connectivity index (χ2n) is 7.59. The van der Waals surface area contributed by atoms with E-state index in [9.17, 15) is 34.8 Å². The molecule has 0 aliphatic rings. The van der Waals surface area contributed by atoms with Gasteiger partial charge in [0.15, 0.2) is 0 Å². The van der Waals surface area contributed by atoms with Gasteiger partial charge in [0.1, 0.15) is 0 Å². The van der Waals surface area contributed by atoms with Crippen LogP contribution < -0.4 is 10.0 Å². The van der Waals surface area contributed by atoms with Gasteiger partial charge in [-0.15, -0.1) is 0 Å². The van der Waals surface area contributed by atoms with Crippen molar-refractivity contribution in [3.63, 3.8) is 0 Å². The summed E-state index contributed by atoms with van der Waals surface area (Å²) >= 11 is 0. The van der Waals surface area contributed by atoms with Crippen molar-refractivity contribution in [2.75, 3.05) is 25.5 Å². The van der Waals surface area contributed by atoms with E-state index in [-0.39, 0.29) is 11.4 Å². The van der Waals surface area contributed by atoms with Crippen molar-refractivity contribution in [3.05, 3.63) is 84.4 Å². The Balaban J connectivity index is 1.82. The molecule has 3 aromatic carbocycles. The average molecular weight is 542 g/mol. The number of carbonyl (C=O) groups is 1. The van der Waals surface area contributed by atoms with Crippen LogP contribution in [0.3, 0.4) is 0 Å². The van der Waals surface area contributed by atoms with Gasteiger partial charge in [0, 0.05) is 25.8 Å². The van der Waals surface area contributed by atoms with Gasteiger partial charge in [0.25, 0.3) is 0 Å². The number of hydrogen-bond acceptors (Lipinski definition) is 5. The minimum absolute atomic E-state index is 0.179. The number of urea groups is 1. The summed E-state index contributed by atoms with van der Waals surface area (Å²) in [4.78, 5) is 11.3. The number of nitrogens with one attached hydrogen (secondary N) is 2. The van der Waals surface area contributed by atoms with Gasteiger partial charge in [-0.25, -0.2) is 26.4 Å². The highest BCUT2D eigenvalue weighted by atomic mass is 32.2. The molecule has 192 valence electrons. The second kappa shape index (κ2) is 10.7. The van der Waals surface area contributed by atoms with E-state index in [2.05, 4.69) is 5.32 Å². The van der Waals surface area contributed by atoms with Gasteiger partial charge in [-0.1, -0.05) is 36.4 Å². The molecule has 0 bridgehead atoms. The molecule has 0 spiro atoms. The first-order valence-electron chi connectivity index (χ1n) is 10.4. The highest BCUT2D eigenvalue weighted by Crippen LogP contribution is 2.36. The summed E-state index contributed by atoms with van der Waals surface area (Å²) in [5, 5.41) is 2.58. The van der Waals surface area contributed by atoms with E-state index in [0.29, 0.717) is 23.9 Å². The predicted octanol–water partition coefficient (Wildman–Crippen LogP) is 3.98. The lowest BCUT2D eigenvalue weighted by Crippen LogP contribution is -2.38. The number of nitrogens with zero attached hydrogens (tertiary/aromatic N) is 1. The van der Waals surface area contributed by atoms with E-state index >= 15 is 0 Å². The summed E-state index contributed by atoms with van der Waals surface area (Å²) in [6, 6.07) is 16.4. The van der Waals surface area contributed by atoms with Gasteiger partial charge in [0.05, 0.1) is 20.2 Å². The Morgan fingerprint density at radius 1 is 0.861 bits per heavy atom. The van der Waals surface area contributed by atoms with Crippen molar-refractivity contribution in [3.8, 4) is 0 Å². The molecular formula is C23H22F3N3O5S2. The molecule has 2 N–H and O–H groups in total. The summed E-state index contributed by atoms with van der Waals surface area (Å²) in [6.07, 6.45) is -5.06. The van der Waals surface area contributed by atoms with Crippen LogP contribution in [0.4, 0.5) is 23.7 Å². The number of anilines is 1. The predicted molar refractivity (Wildman–Crippen MR) is 127 cm³/mol. The maximum Gasteiger partial charge on any atom is 0.417 e. The number of sulfone groups is 1. The molecule has 36 heavy (non-hydrogen) atoms. The lowest BCUT2D eigenvalue weighted by molar-refractivity contribution is -0.139. The van der Waals surface area contributed by atoms with E-state index < -0.39 is 54.0 Å². The molecule has 0 aliphatic heterocycles. The van der Waals surface area contributed by atoms with Crippen molar-refractivity contribution < 1.29 is 34.8 Å². The summed E-state index contributed by atoms with van der Waals surface area (Å²) < 4.78 is 94.2. The maximum atomic E-state index is 13.6. The molecule has 3 rings (SSSR count). The Bertz CT molecular complexity index is 1430. The fourth-order valence-corrected chi connectivity index (χ4v) is 5.78. The number of carbonyl (C=O) groups excluding carboxylic acids is 1. The summed E-state index contributed by atoms with van der Waals surface area (Å²) in [7, 11) is -7.72. The highest BCUT2D eigenvalue weighted by Gasteiger charge is 2.38. The van der Waals surface area contributed by atoms with Crippen LogP contribution in [0.2, 0.25) is 0 Å². The van der Waals surface area contributed by atoms with Crippen LogP contribution in [-0.4, -0.2) is 47.9 Å². The Morgan fingerprint density at radius 3 is 2.03 bits per heavy atom. The molecule has 0 aliphatic carbocycles. The Kier molecular flexibility index (Phi) is 8.06. The van der Waals surface area contributed by atoms with Gasteiger partial charge in [0.2, 0.25) is 19.9 Å². The third-order valence-corrected chi connectivity index (χ3v) is 8.29. The third-order valence-electron chi connectivity index (χ3n) is 5.02. The van der Waals surface area contributed by atoms with Crippen molar-refractivity contribution >= 4 is 31.6 Å². The molecule has 3 aromatic rings. The Hall–Kier alpha value is -3.42. The molecule has 8 nitrogen and oxygen atoms in total. The SMILES string of the molecule is CN(CCNS(=O)(=O)c1cc(S(=O)(=O)c2ccccc2)ccc1C(F)(F)F)C(=O)Nc1ccccc1. The first-order chi connectivity index (χ1) is 16.8. The monoisotopic (exact) mass is 541 g/mol. The number of halogens is 3. The molecule has 0 saturated heterocycles. The zero-order valence-electron chi connectivity index (χ0n) is 18.9. The van der Waals surface area contributed by atoms with Crippen LogP contribution in [0.15, 0.2) is 93.5 Å². The van der Waals surface area contributed by atoms with Gasteiger partial charge in [-0.2, -0.15) is 13.2 Å². The average Bonchev–Trinajstić information content (AvgIpc) is 2.84. The molecule has 13 heteroatoms. The van der Waals surface area contributed by atoms with Gasteiger partial charge in [-0.3, -0.25) is 0 Å². The lowest BCUT2D eigenvalue weighted by atomic mass is 10.2. The van der Waals surface area contributed by atoms with Crippen LogP contribution in [0.1, 0.15) is 5.56 Å². The molecule has 0 aromatic heterocycles. The summed E-state index contributed by atoms with van der Waals surface area (Å²) in [5.41, 5.74) is -1.02. The Morgan fingerprint density at radius 2 is 1.44 bits per heavy atom. The number of amides is 2. The molecule has 0 radical (unpaired) electrons. The molecule has 0 unspecified atom stereocenters. The molecule has 0 fully saturated rings.